The fourth-order valence-corrected chi connectivity index (χ4v) is 4.13. The Bertz CT molecular complexity index is 774. The molecule has 0 saturated carbocycles. The Balaban J connectivity index is 0.00000280. The van der Waals surface area contributed by atoms with Gasteiger partial charge in [-0.3, -0.25) is 4.99 Å². The van der Waals surface area contributed by atoms with Crippen LogP contribution in [0.2, 0.25) is 0 Å². The number of nitrogens with zero attached hydrogens (tertiary/aromatic N) is 3. The van der Waals surface area contributed by atoms with E-state index in [1.165, 1.54) is 10.6 Å². The van der Waals surface area contributed by atoms with Crippen LogP contribution in [0.4, 0.5) is 0 Å². The number of likely N-dealkylation sites (tertiary alicyclic amines) is 1. The molecule has 0 aliphatic carbocycles. The van der Waals surface area contributed by atoms with Crippen molar-refractivity contribution in [3.8, 4) is 11.5 Å². The molecular weight excluding hydrogens is 487 g/mol. The molecule has 28 heavy (non-hydrogen) atoms. The standard InChI is InChI=1S/C20H28N4O2S.HI/c1-5-19-23-16(13-27-19)11-22-20(21-2)24-7-6-14(12-24)15-8-17(25-3)10-18(9-15)26-4;/h8-10,13-14H,5-7,11-12H2,1-4H3,(H,21,22);1H. The molecular formula is C20H29IN4O2S. The van der Waals surface area contributed by atoms with Crippen molar-refractivity contribution in [3.05, 3.63) is 39.8 Å². The molecule has 0 bridgehead atoms. The van der Waals surface area contributed by atoms with Crippen molar-refractivity contribution in [1.29, 1.82) is 0 Å². The Labute approximate surface area is 188 Å². The molecule has 1 saturated heterocycles. The number of hydrogen-bond donors (Lipinski definition) is 1. The summed E-state index contributed by atoms with van der Waals surface area (Å²) in [7, 11) is 5.21. The molecule has 1 fully saturated rings. The highest BCUT2D eigenvalue weighted by atomic mass is 127. The SMILES string of the molecule is CCc1nc(CNC(=NC)N2CCC(c3cc(OC)cc(OC)c3)C2)cs1.I. The number of ether oxygens (including phenoxy) is 2. The van der Waals surface area contributed by atoms with Crippen LogP contribution < -0.4 is 14.8 Å². The van der Waals surface area contributed by atoms with E-state index in [-0.39, 0.29) is 24.0 Å². The average molecular weight is 516 g/mol. The van der Waals surface area contributed by atoms with Gasteiger partial charge in [0.05, 0.1) is 31.5 Å². The second-order valence-corrected chi connectivity index (χ2v) is 7.51. The van der Waals surface area contributed by atoms with Crippen molar-refractivity contribution in [2.75, 3.05) is 34.4 Å². The molecule has 1 aromatic heterocycles. The molecule has 8 heteroatoms. The molecule has 3 rings (SSSR count). The van der Waals surface area contributed by atoms with Gasteiger partial charge in [0.25, 0.3) is 0 Å². The van der Waals surface area contributed by atoms with Crippen molar-refractivity contribution in [3.63, 3.8) is 0 Å². The molecule has 0 radical (unpaired) electrons. The summed E-state index contributed by atoms with van der Waals surface area (Å²) in [6, 6.07) is 6.12. The lowest BCUT2D eigenvalue weighted by atomic mass is 9.98. The van der Waals surface area contributed by atoms with Gasteiger partial charge in [0.15, 0.2) is 5.96 Å². The van der Waals surface area contributed by atoms with Crippen LogP contribution in [0, 0.1) is 0 Å². The lowest BCUT2D eigenvalue weighted by Gasteiger charge is -2.21. The van der Waals surface area contributed by atoms with Crippen molar-refractivity contribution in [1.82, 2.24) is 15.2 Å². The van der Waals surface area contributed by atoms with Gasteiger partial charge in [-0.15, -0.1) is 35.3 Å². The molecule has 1 N–H and O–H groups in total. The molecule has 154 valence electrons. The Morgan fingerprint density at radius 3 is 2.57 bits per heavy atom. The lowest BCUT2D eigenvalue weighted by Crippen LogP contribution is -2.39. The lowest BCUT2D eigenvalue weighted by molar-refractivity contribution is 0.392. The number of aliphatic imine (C=N–C) groups is 1. The first-order valence-corrected chi connectivity index (χ1v) is 10.2. The normalized spacial score (nSPS) is 16.6. The summed E-state index contributed by atoms with van der Waals surface area (Å²) < 4.78 is 10.8. The summed E-state index contributed by atoms with van der Waals surface area (Å²) in [5.41, 5.74) is 2.32. The zero-order valence-electron chi connectivity index (χ0n) is 16.9. The maximum atomic E-state index is 5.42. The van der Waals surface area contributed by atoms with Crippen LogP contribution in [-0.4, -0.2) is 50.2 Å². The van der Waals surface area contributed by atoms with Crippen molar-refractivity contribution >= 4 is 41.3 Å². The van der Waals surface area contributed by atoms with Crippen LogP contribution in [-0.2, 0) is 13.0 Å². The number of halogens is 1. The largest absolute Gasteiger partial charge is 0.497 e. The molecule has 1 unspecified atom stereocenters. The van der Waals surface area contributed by atoms with E-state index in [0.717, 1.165) is 49.1 Å². The van der Waals surface area contributed by atoms with E-state index in [0.29, 0.717) is 12.5 Å². The number of rotatable bonds is 6. The number of thiazole rings is 1. The fourth-order valence-electron chi connectivity index (χ4n) is 3.38. The van der Waals surface area contributed by atoms with Gasteiger partial charge < -0.3 is 19.7 Å². The zero-order valence-corrected chi connectivity index (χ0v) is 20.0. The first-order valence-electron chi connectivity index (χ1n) is 9.28. The number of nitrogens with one attached hydrogen (secondary N) is 1. The molecule has 1 aliphatic rings. The second-order valence-electron chi connectivity index (χ2n) is 6.56. The molecule has 1 aliphatic heterocycles. The quantitative estimate of drug-likeness (QED) is 0.359. The molecule has 0 amide bonds. The van der Waals surface area contributed by atoms with Gasteiger partial charge >= 0.3 is 0 Å². The van der Waals surface area contributed by atoms with Crippen molar-refractivity contribution in [2.24, 2.45) is 4.99 Å². The topological polar surface area (TPSA) is 59.0 Å². The second kappa shape index (κ2) is 10.8. The van der Waals surface area contributed by atoms with E-state index in [1.54, 1.807) is 25.6 Å². The van der Waals surface area contributed by atoms with Gasteiger partial charge in [-0.2, -0.15) is 0 Å². The van der Waals surface area contributed by atoms with E-state index in [1.807, 2.05) is 13.1 Å². The Morgan fingerprint density at radius 2 is 2.00 bits per heavy atom. The third-order valence-electron chi connectivity index (χ3n) is 4.87. The molecule has 2 heterocycles. The summed E-state index contributed by atoms with van der Waals surface area (Å²) in [6.07, 6.45) is 2.06. The number of methoxy groups -OCH3 is 2. The fraction of sp³-hybridized carbons (Fsp3) is 0.500. The molecule has 1 atom stereocenters. The average Bonchev–Trinajstić information content (AvgIpc) is 3.38. The Hall–Kier alpha value is -1.55. The number of guanidine groups is 1. The van der Waals surface area contributed by atoms with Gasteiger partial charge in [0.1, 0.15) is 11.5 Å². The van der Waals surface area contributed by atoms with Crippen LogP contribution >= 0.6 is 35.3 Å². The minimum atomic E-state index is 0. The maximum Gasteiger partial charge on any atom is 0.193 e. The number of aromatic nitrogens is 1. The van der Waals surface area contributed by atoms with Crippen LogP contribution in [0.5, 0.6) is 11.5 Å². The molecule has 6 nitrogen and oxygen atoms in total. The van der Waals surface area contributed by atoms with E-state index < -0.39 is 0 Å². The minimum Gasteiger partial charge on any atom is -0.497 e. The summed E-state index contributed by atoms with van der Waals surface area (Å²) in [4.78, 5) is 11.4. The van der Waals surface area contributed by atoms with Crippen LogP contribution in [0.15, 0.2) is 28.6 Å². The van der Waals surface area contributed by atoms with Gasteiger partial charge in [0, 0.05) is 37.5 Å². The number of aryl methyl sites for hydroxylation is 1. The number of benzene rings is 1. The highest BCUT2D eigenvalue weighted by molar-refractivity contribution is 14.0. The van der Waals surface area contributed by atoms with Gasteiger partial charge in [-0.05, 0) is 30.5 Å². The third kappa shape index (κ3) is 5.50. The zero-order chi connectivity index (χ0) is 19.2. The van der Waals surface area contributed by atoms with Gasteiger partial charge in [-0.1, -0.05) is 6.92 Å². The first kappa shape index (κ1) is 22.7. The van der Waals surface area contributed by atoms with Crippen molar-refractivity contribution < 1.29 is 9.47 Å². The predicted molar refractivity (Wildman–Crippen MR) is 126 cm³/mol. The van der Waals surface area contributed by atoms with Crippen LogP contribution in [0.1, 0.15) is 35.5 Å². The molecule has 2 aromatic rings. The molecule has 0 spiro atoms. The third-order valence-corrected chi connectivity index (χ3v) is 5.92. The smallest absolute Gasteiger partial charge is 0.193 e. The maximum absolute atomic E-state index is 5.42. The minimum absolute atomic E-state index is 0. The summed E-state index contributed by atoms with van der Waals surface area (Å²) in [5.74, 6) is 3.03. The van der Waals surface area contributed by atoms with Gasteiger partial charge in [-0.25, -0.2) is 4.98 Å². The highest BCUT2D eigenvalue weighted by Crippen LogP contribution is 2.32. The Morgan fingerprint density at radius 1 is 1.29 bits per heavy atom. The summed E-state index contributed by atoms with van der Waals surface area (Å²) >= 11 is 1.72. The predicted octanol–water partition coefficient (Wildman–Crippen LogP) is 3.91. The highest BCUT2D eigenvalue weighted by Gasteiger charge is 2.27. The van der Waals surface area contributed by atoms with Crippen molar-refractivity contribution in [2.45, 2.75) is 32.2 Å². The number of hydrogen-bond acceptors (Lipinski definition) is 5. The van der Waals surface area contributed by atoms with E-state index in [2.05, 4.69) is 44.6 Å². The van der Waals surface area contributed by atoms with E-state index >= 15 is 0 Å². The van der Waals surface area contributed by atoms with E-state index in [9.17, 15) is 0 Å². The van der Waals surface area contributed by atoms with Gasteiger partial charge in [0.2, 0.25) is 0 Å². The van der Waals surface area contributed by atoms with E-state index in [4.69, 9.17) is 9.47 Å². The van der Waals surface area contributed by atoms with Crippen LogP contribution in [0.3, 0.4) is 0 Å². The van der Waals surface area contributed by atoms with Crippen LogP contribution in [0.25, 0.3) is 0 Å². The summed E-state index contributed by atoms with van der Waals surface area (Å²) in [6.45, 7) is 4.73. The summed E-state index contributed by atoms with van der Waals surface area (Å²) in [5, 5.41) is 6.75. The first-order chi connectivity index (χ1) is 13.2. The molecule has 1 aromatic carbocycles. The Kier molecular flexibility index (Phi) is 8.81. The monoisotopic (exact) mass is 516 g/mol.